The van der Waals surface area contributed by atoms with Crippen molar-refractivity contribution in [1.29, 1.82) is 0 Å². The van der Waals surface area contributed by atoms with Crippen LogP contribution < -0.4 is 10.1 Å². The summed E-state index contributed by atoms with van der Waals surface area (Å²) in [6, 6.07) is 15.7. The van der Waals surface area contributed by atoms with Gasteiger partial charge in [0, 0.05) is 16.8 Å². The number of carbonyl (C=O) groups excluding carboxylic acids is 1. The Morgan fingerprint density at radius 1 is 1.04 bits per heavy atom. The minimum Gasteiger partial charge on any atom is -0.489 e. The number of furan rings is 1. The maximum Gasteiger partial charge on any atom is 0.371 e. The molecule has 0 spiro atoms. The van der Waals surface area contributed by atoms with Gasteiger partial charge in [-0.3, -0.25) is 4.79 Å². The second-order valence-electron chi connectivity index (χ2n) is 6.13. The van der Waals surface area contributed by atoms with Crippen molar-refractivity contribution in [3.63, 3.8) is 0 Å². The Morgan fingerprint density at radius 2 is 1.70 bits per heavy atom. The minimum absolute atomic E-state index is 0.116. The predicted molar refractivity (Wildman–Crippen MR) is 100 cm³/mol. The maximum atomic E-state index is 12.3. The molecular weight excluding hydrogens is 346 g/mol. The average molecular weight is 365 g/mol. The topological polar surface area (TPSA) is 88.8 Å². The van der Waals surface area contributed by atoms with Gasteiger partial charge in [0.25, 0.3) is 5.91 Å². The number of carboxylic acids is 1. The molecule has 0 bridgehead atoms. The van der Waals surface area contributed by atoms with Crippen molar-refractivity contribution >= 4 is 17.6 Å². The monoisotopic (exact) mass is 365 g/mol. The summed E-state index contributed by atoms with van der Waals surface area (Å²) in [6.07, 6.45) is 0. The minimum atomic E-state index is -1.12. The lowest BCUT2D eigenvalue weighted by Crippen LogP contribution is -2.11. The summed E-state index contributed by atoms with van der Waals surface area (Å²) in [5, 5.41) is 11.8. The van der Waals surface area contributed by atoms with Crippen LogP contribution in [0.5, 0.6) is 5.75 Å². The maximum absolute atomic E-state index is 12.3. The first kappa shape index (κ1) is 18.3. The van der Waals surface area contributed by atoms with Crippen molar-refractivity contribution in [3.8, 4) is 5.75 Å². The number of aromatic carboxylic acids is 1. The summed E-state index contributed by atoms with van der Waals surface area (Å²) >= 11 is 0. The van der Waals surface area contributed by atoms with Gasteiger partial charge in [-0.05, 0) is 56.3 Å². The van der Waals surface area contributed by atoms with Gasteiger partial charge in [-0.1, -0.05) is 17.7 Å². The molecule has 0 saturated carbocycles. The van der Waals surface area contributed by atoms with Crippen molar-refractivity contribution in [3.05, 3.63) is 82.8 Å². The van der Waals surface area contributed by atoms with Gasteiger partial charge in [0.05, 0.1) is 0 Å². The van der Waals surface area contributed by atoms with E-state index < -0.39 is 5.97 Å². The Labute approximate surface area is 156 Å². The highest BCUT2D eigenvalue weighted by atomic mass is 16.5. The number of hydrogen-bond donors (Lipinski definition) is 2. The summed E-state index contributed by atoms with van der Waals surface area (Å²) in [4.78, 5) is 23.2. The second kappa shape index (κ2) is 7.78. The van der Waals surface area contributed by atoms with Crippen LogP contribution in [0.25, 0.3) is 0 Å². The summed E-state index contributed by atoms with van der Waals surface area (Å²) in [7, 11) is 0. The molecule has 0 saturated heterocycles. The Balaban J connectivity index is 1.60. The quantitative estimate of drug-likeness (QED) is 0.675. The first-order valence-electron chi connectivity index (χ1n) is 8.36. The van der Waals surface area contributed by atoms with E-state index in [1.54, 1.807) is 31.2 Å². The number of benzene rings is 2. The van der Waals surface area contributed by atoms with E-state index in [1.807, 2.05) is 31.2 Å². The zero-order valence-corrected chi connectivity index (χ0v) is 15.0. The highest BCUT2D eigenvalue weighted by molar-refractivity contribution is 6.04. The predicted octanol–water partition coefficient (Wildman–Crippen LogP) is 4.43. The normalized spacial score (nSPS) is 10.4. The number of amides is 1. The molecule has 0 unspecified atom stereocenters. The molecule has 1 heterocycles. The summed E-state index contributed by atoms with van der Waals surface area (Å²) in [5.41, 5.74) is 3.03. The molecule has 0 fully saturated rings. The van der Waals surface area contributed by atoms with Crippen LogP contribution in [0.1, 0.15) is 37.8 Å². The summed E-state index contributed by atoms with van der Waals surface area (Å²) < 4.78 is 10.8. The van der Waals surface area contributed by atoms with Gasteiger partial charge in [-0.2, -0.15) is 0 Å². The molecular formula is C21H19NO5. The first-order chi connectivity index (χ1) is 12.9. The fourth-order valence-electron chi connectivity index (χ4n) is 2.47. The van der Waals surface area contributed by atoms with E-state index in [0.717, 1.165) is 11.3 Å². The zero-order valence-electron chi connectivity index (χ0n) is 15.0. The first-order valence-corrected chi connectivity index (χ1v) is 8.36. The van der Waals surface area contributed by atoms with Gasteiger partial charge >= 0.3 is 5.97 Å². The summed E-state index contributed by atoms with van der Waals surface area (Å²) in [5.74, 6) is -0.370. The van der Waals surface area contributed by atoms with E-state index in [4.69, 9.17) is 14.3 Å². The largest absolute Gasteiger partial charge is 0.489 e. The molecule has 0 aliphatic carbocycles. The fraction of sp³-hybridized carbons (Fsp3) is 0.143. The molecule has 6 heteroatoms. The Kier molecular flexibility index (Phi) is 5.26. The SMILES string of the molecule is Cc1ccc(NC(=O)c2ccc(OCc3cc(C(=O)O)oc3C)cc2)cc1. The van der Waals surface area contributed by atoms with Crippen LogP contribution in [-0.4, -0.2) is 17.0 Å². The van der Waals surface area contributed by atoms with Gasteiger partial charge in [-0.25, -0.2) is 4.79 Å². The third-order valence-electron chi connectivity index (χ3n) is 4.05. The molecule has 1 aromatic heterocycles. The van der Waals surface area contributed by atoms with Gasteiger partial charge in [0.2, 0.25) is 5.76 Å². The lowest BCUT2D eigenvalue weighted by atomic mass is 10.2. The van der Waals surface area contributed by atoms with Gasteiger partial charge < -0.3 is 19.6 Å². The molecule has 138 valence electrons. The van der Waals surface area contributed by atoms with E-state index in [1.165, 1.54) is 6.07 Å². The van der Waals surface area contributed by atoms with E-state index in [2.05, 4.69) is 5.32 Å². The molecule has 2 N–H and O–H groups in total. The van der Waals surface area contributed by atoms with Crippen LogP contribution >= 0.6 is 0 Å². The zero-order chi connectivity index (χ0) is 19.4. The number of carbonyl (C=O) groups is 2. The molecule has 2 aromatic carbocycles. The Hall–Kier alpha value is -3.54. The molecule has 0 aliphatic heterocycles. The molecule has 27 heavy (non-hydrogen) atoms. The van der Waals surface area contributed by atoms with E-state index in [0.29, 0.717) is 22.6 Å². The van der Waals surface area contributed by atoms with Gasteiger partial charge in [0.1, 0.15) is 18.1 Å². The van der Waals surface area contributed by atoms with Crippen LogP contribution in [0.4, 0.5) is 5.69 Å². The van der Waals surface area contributed by atoms with Gasteiger partial charge in [-0.15, -0.1) is 0 Å². The van der Waals surface area contributed by atoms with Crippen LogP contribution in [0.15, 0.2) is 59.0 Å². The highest BCUT2D eigenvalue weighted by Crippen LogP contribution is 2.19. The van der Waals surface area contributed by atoms with Crippen molar-refractivity contribution < 1.29 is 23.8 Å². The number of carboxylic acid groups (broad SMARTS) is 1. The Bertz CT molecular complexity index is 955. The smallest absolute Gasteiger partial charge is 0.371 e. The average Bonchev–Trinajstić information content (AvgIpc) is 3.03. The van der Waals surface area contributed by atoms with E-state index in [-0.39, 0.29) is 18.3 Å². The number of ether oxygens (including phenoxy) is 1. The van der Waals surface area contributed by atoms with Crippen LogP contribution in [-0.2, 0) is 6.61 Å². The number of nitrogens with one attached hydrogen (secondary N) is 1. The van der Waals surface area contributed by atoms with Crippen LogP contribution in [0, 0.1) is 13.8 Å². The third kappa shape index (κ3) is 4.55. The third-order valence-corrected chi connectivity index (χ3v) is 4.05. The molecule has 3 rings (SSSR count). The molecule has 3 aromatic rings. The van der Waals surface area contributed by atoms with Crippen molar-refractivity contribution in [2.45, 2.75) is 20.5 Å². The standard InChI is InChI=1S/C21H19NO5/c1-13-3-7-17(8-4-13)22-20(23)15-5-9-18(10-6-15)26-12-16-11-19(21(24)25)27-14(16)2/h3-11H,12H2,1-2H3,(H,22,23)(H,24,25). The molecule has 0 atom stereocenters. The lowest BCUT2D eigenvalue weighted by Gasteiger charge is -2.08. The Morgan fingerprint density at radius 3 is 2.30 bits per heavy atom. The lowest BCUT2D eigenvalue weighted by molar-refractivity contribution is 0.0660. The van der Waals surface area contributed by atoms with Crippen LogP contribution in [0.2, 0.25) is 0 Å². The summed E-state index contributed by atoms with van der Waals surface area (Å²) in [6.45, 7) is 3.85. The van der Waals surface area contributed by atoms with E-state index in [9.17, 15) is 9.59 Å². The number of anilines is 1. The van der Waals surface area contributed by atoms with E-state index >= 15 is 0 Å². The molecule has 1 amide bonds. The fourth-order valence-corrected chi connectivity index (χ4v) is 2.47. The molecule has 0 aliphatic rings. The van der Waals surface area contributed by atoms with Crippen molar-refractivity contribution in [2.24, 2.45) is 0 Å². The number of rotatable bonds is 6. The number of hydrogen-bond acceptors (Lipinski definition) is 4. The molecule has 6 nitrogen and oxygen atoms in total. The highest BCUT2D eigenvalue weighted by Gasteiger charge is 2.13. The van der Waals surface area contributed by atoms with Crippen LogP contribution in [0.3, 0.4) is 0 Å². The second-order valence-corrected chi connectivity index (χ2v) is 6.13. The van der Waals surface area contributed by atoms with Gasteiger partial charge in [0.15, 0.2) is 0 Å². The van der Waals surface area contributed by atoms with Crippen molar-refractivity contribution in [2.75, 3.05) is 5.32 Å². The molecule has 0 radical (unpaired) electrons. The number of aryl methyl sites for hydroxylation is 2. The van der Waals surface area contributed by atoms with Crippen molar-refractivity contribution in [1.82, 2.24) is 0 Å².